The Labute approximate surface area is 160 Å². The summed E-state index contributed by atoms with van der Waals surface area (Å²) in [6.45, 7) is 4.10. The number of nitrogens with one attached hydrogen (secondary N) is 1. The molecule has 2 aromatic rings. The second-order valence-electron chi connectivity index (χ2n) is 6.89. The summed E-state index contributed by atoms with van der Waals surface area (Å²) in [6.07, 6.45) is 2.33. The van der Waals surface area contributed by atoms with Crippen molar-refractivity contribution in [2.24, 2.45) is 5.92 Å². The molecule has 0 bridgehead atoms. The monoisotopic (exact) mass is 372 g/mol. The number of halogens is 1. The third kappa shape index (κ3) is 4.37. The lowest BCUT2D eigenvalue weighted by Crippen LogP contribution is -2.42. The standard InChI is InChI=1S/C21H25ClN2O2/c1-15-7-6-12-24(14-15)20(16-8-4-3-5-9-16)21(25)23-17-10-11-19(26-2)18(22)13-17/h3-5,8-11,13,15,20H,6-7,12,14H2,1-2H3,(H,23,25)/t15-,20+/m1/s1. The molecule has 1 saturated heterocycles. The fourth-order valence-corrected chi connectivity index (χ4v) is 3.84. The lowest BCUT2D eigenvalue weighted by molar-refractivity contribution is -0.122. The molecule has 4 nitrogen and oxygen atoms in total. The topological polar surface area (TPSA) is 41.6 Å². The number of nitrogens with zero attached hydrogens (tertiary/aromatic N) is 1. The van der Waals surface area contributed by atoms with E-state index >= 15 is 0 Å². The number of benzene rings is 2. The molecule has 1 aliphatic rings. The summed E-state index contributed by atoms with van der Waals surface area (Å²) in [5.74, 6) is 1.15. The van der Waals surface area contributed by atoms with Crippen LogP contribution in [0.25, 0.3) is 0 Å². The highest BCUT2D eigenvalue weighted by atomic mass is 35.5. The number of amides is 1. The van der Waals surface area contributed by atoms with Crippen LogP contribution in [-0.2, 0) is 4.79 Å². The Balaban J connectivity index is 1.84. The van der Waals surface area contributed by atoms with Crippen LogP contribution in [0.5, 0.6) is 5.75 Å². The lowest BCUT2D eigenvalue weighted by Gasteiger charge is -2.36. The molecule has 0 saturated carbocycles. The Kier molecular flexibility index (Phi) is 6.17. The summed E-state index contributed by atoms with van der Waals surface area (Å²) < 4.78 is 5.18. The number of anilines is 1. The van der Waals surface area contributed by atoms with E-state index in [2.05, 4.69) is 17.1 Å². The van der Waals surface area contributed by atoms with Gasteiger partial charge in [0.15, 0.2) is 0 Å². The third-order valence-electron chi connectivity index (χ3n) is 4.84. The highest BCUT2D eigenvalue weighted by molar-refractivity contribution is 6.32. The van der Waals surface area contributed by atoms with Gasteiger partial charge in [-0.05, 0) is 49.1 Å². The number of hydrogen-bond acceptors (Lipinski definition) is 3. The van der Waals surface area contributed by atoms with Gasteiger partial charge in [0.05, 0.1) is 12.1 Å². The zero-order chi connectivity index (χ0) is 18.5. The molecule has 0 aromatic heterocycles. The highest BCUT2D eigenvalue weighted by Crippen LogP contribution is 2.30. The normalized spacial score (nSPS) is 19.0. The first-order valence-corrected chi connectivity index (χ1v) is 9.39. The first-order chi connectivity index (χ1) is 12.6. The average molecular weight is 373 g/mol. The lowest BCUT2D eigenvalue weighted by atomic mass is 9.95. The predicted octanol–water partition coefficient (Wildman–Crippen LogP) is 4.76. The molecule has 3 rings (SSSR count). The van der Waals surface area contributed by atoms with Crippen molar-refractivity contribution in [2.75, 3.05) is 25.5 Å². The Hall–Kier alpha value is -2.04. The van der Waals surface area contributed by atoms with E-state index in [1.54, 1.807) is 19.2 Å². The van der Waals surface area contributed by atoms with Gasteiger partial charge in [0.25, 0.3) is 0 Å². The number of methoxy groups -OCH3 is 1. The van der Waals surface area contributed by atoms with Crippen molar-refractivity contribution in [3.8, 4) is 5.75 Å². The molecule has 2 aromatic carbocycles. The molecule has 1 fully saturated rings. The molecule has 0 aliphatic carbocycles. The summed E-state index contributed by atoms with van der Waals surface area (Å²) in [7, 11) is 1.57. The van der Waals surface area contributed by atoms with E-state index in [0.717, 1.165) is 25.1 Å². The Morgan fingerprint density at radius 1 is 1.27 bits per heavy atom. The van der Waals surface area contributed by atoms with Crippen LogP contribution >= 0.6 is 11.6 Å². The molecule has 2 atom stereocenters. The largest absolute Gasteiger partial charge is 0.495 e. The van der Waals surface area contributed by atoms with Gasteiger partial charge < -0.3 is 10.1 Å². The van der Waals surface area contributed by atoms with E-state index in [1.165, 1.54) is 6.42 Å². The van der Waals surface area contributed by atoms with Crippen molar-refractivity contribution >= 4 is 23.2 Å². The van der Waals surface area contributed by atoms with E-state index < -0.39 is 0 Å². The fourth-order valence-electron chi connectivity index (χ4n) is 3.58. The molecule has 5 heteroatoms. The number of likely N-dealkylation sites (tertiary alicyclic amines) is 1. The number of ether oxygens (including phenoxy) is 1. The molecule has 0 unspecified atom stereocenters. The number of hydrogen-bond donors (Lipinski definition) is 1. The quantitative estimate of drug-likeness (QED) is 0.822. The molecule has 0 spiro atoms. The van der Waals surface area contributed by atoms with Crippen LogP contribution in [0.4, 0.5) is 5.69 Å². The van der Waals surface area contributed by atoms with Crippen LogP contribution in [0, 0.1) is 5.92 Å². The zero-order valence-electron chi connectivity index (χ0n) is 15.2. The van der Waals surface area contributed by atoms with Crippen LogP contribution in [0.15, 0.2) is 48.5 Å². The first kappa shape index (κ1) is 18.7. The minimum atomic E-state index is -0.306. The molecule has 1 heterocycles. The number of piperidine rings is 1. The Bertz CT molecular complexity index is 751. The summed E-state index contributed by atoms with van der Waals surface area (Å²) in [4.78, 5) is 15.4. The molecule has 26 heavy (non-hydrogen) atoms. The van der Waals surface area contributed by atoms with Gasteiger partial charge in [-0.1, -0.05) is 48.9 Å². The van der Waals surface area contributed by atoms with Gasteiger partial charge in [0, 0.05) is 12.2 Å². The summed E-state index contributed by atoms with van der Waals surface area (Å²) in [5.41, 5.74) is 1.69. The zero-order valence-corrected chi connectivity index (χ0v) is 16.0. The van der Waals surface area contributed by atoms with Crippen LogP contribution in [0.3, 0.4) is 0 Å². The SMILES string of the molecule is COc1ccc(NC(=O)[C@H](c2ccccc2)N2CCC[C@@H](C)C2)cc1Cl. The van der Waals surface area contributed by atoms with Gasteiger partial charge in [-0.2, -0.15) is 0 Å². The van der Waals surface area contributed by atoms with E-state index in [-0.39, 0.29) is 11.9 Å². The first-order valence-electron chi connectivity index (χ1n) is 9.02. The Morgan fingerprint density at radius 3 is 2.69 bits per heavy atom. The number of carbonyl (C=O) groups excluding carboxylic acids is 1. The van der Waals surface area contributed by atoms with Crippen molar-refractivity contribution in [3.05, 3.63) is 59.1 Å². The second-order valence-corrected chi connectivity index (χ2v) is 7.30. The van der Waals surface area contributed by atoms with E-state index in [1.807, 2.05) is 36.4 Å². The number of rotatable bonds is 5. The Morgan fingerprint density at radius 2 is 2.04 bits per heavy atom. The van der Waals surface area contributed by atoms with Crippen molar-refractivity contribution < 1.29 is 9.53 Å². The van der Waals surface area contributed by atoms with E-state index in [9.17, 15) is 4.79 Å². The maximum Gasteiger partial charge on any atom is 0.246 e. The third-order valence-corrected chi connectivity index (χ3v) is 5.13. The summed E-state index contributed by atoms with van der Waals surface area (Å²) >= 11 is 6.19. The number of carbonyl (C=O) groups is 1. The van der Waals surface area contributed by atoms with Gasteiger partial charge >= 0.3 is 0 Å². The van der Waals surface area contributed by atoms with Gasteiger partial charge in [-0.15, -0.1) is 0 Å². The average Bonchev–Trinajstić information content (AvgIpc) is 2.63. The summed E-state index contributed by atoms with van der Waals surface area (Å²) in [6, 6.07) is 15.0. The van der Waals surface area contributed by atoms with Crippen LogP contribution in [0.2, 0.25) is 5.02 Å². The minimum Gasteiger partial charge on any atom is -0.495 e. The smallest absolute Gasteiger partial charge is 0.246 e. The predicted molar refractivity (Wildman–Crippen MR) is 106 cm³/mol. The van der Waals surface area contributed by atoms with Gasteiger partial charge in [0.2, 0.25) is 5.91 Å². The van der Waals surface area contributed by atoms with Gasteiger partial charge in [-0.25, -0.2) is 0 Å². The molecule has 138 valence electrons. The molecular weight excluding hydrogens is 348 g/mol. The van der Waals surface area contributed by atoms with Crippen LogP contribution in [0.1, 0.15) is 31.4 Å². The van der Waals surface area contributed by atoms with E-state index in [0.29, 0.717) is 22.4 Å². The van der Waals surface area contributed by atoms with Crippen molar-refractivity contribution in [1.82, 2.24) is 4.90 Å². The second kappa shape index (κ2) is 8.56. The summed E-state index contributed by atoms with van der Waals surface area (Å²) in [5, 5.41) is 3.50. The molecule has 1 N–H and O–H groups in total. The molecule has 1 amide bonds. The maximum atomic E-state index is 13.2. The molecular formula is C21H25ClN2O2. The fraction of sp³-hybridized carbons (Fsp3) is 0.381. The van der Waals surface area contributed by atoms with Crippen molar-refractivity contribution in [1.29, 1.82) is 0 Å². The van der Waals surface area contributed by atoms with Crippen molar-refractivity contribution in [3.63, 3.8) is 0 Å². The molecule has 0 radical (unpaired) electrons. The van der Waals surface area contributed by atoms with Gasteiger partial charge in [0.1, 0.15) is 11.8 Å². The highest BCUT2D eigenvalue weighted by Gasteiger charge is 2.30. The van der Waals surface area contributed by atoms with Gasteiger partial charge in [-0.3, -0.25) is 9.69 Å². The molecule has 1 aliphatic heterocycles. The minimum absolute atomic E-state index is 0.0356. The van der Waals surface area contributed by atoms with E-state index in [4.69, 9.17) is 16.3 Å². The van der Waals surface area contributed by atoms with Crippen LogP contribution < -0.4 is 10.1 Å². The van der Waals surface area contributed by atoms with Crippen molar-refractivity contribution in [2.45, 2.75) is 25.8 Å². The van der Waals surface area contributed by atoms with Crippen LogP contribution in [-0.4, -0.2) is 31.0 Å². The maximum absolute atomic E-state index is 13.2.